The van der Waals surface area contributed by atoms with Crippen LogP contribution in [-0.4, -0.2) is 45.5 Å². The number of nitrogens with zero attached hydrogens (tertiary/aromatic N) is 2. The summed E-state index contributed by atoms with van der Waals surface area (Å²) in [7, 11) is 0. The van der Waals surface area contributed by atoms with Crippen molar-refractivity contribution in [2.24, 2.45) is 0 Å². The predicted octanol–water partition coefficient (Wildman–Crippen LogP) is 4.29. The van der Waals surface area contributed by atoms with Crippen LogP contribution in [0.3, 0.4) is 0 Å². The number of likely N-dealkylation sites (tertiary alicyclic amines) is 1. The third-order valence-electron chi connectivity index (χ3n) is 5.94. The van der Waals surface area contributed by atoms with E-state index in [1.54, 1.807) is 28.7 Å². The standard InChI is InChI=1S/C24H29N3O5S/c1-2-32-24(28)26-12-9-20(10-13-26)27(33(29)30)23-8-7-19(21-5-3-4-6-22(21)23)16-25-15-18-11-14-31-17-18/h3-8,11,14,17,20,25H,2,9-10,12-13,15-16H2,1H3,(H,29,30). The summed E-state index contributed by atoms with van der Waals surface area (Å²) < 4.78 is 34.5. The second-order valence-electron chi connectivity index (χ2n) is 8.00. The maximum absolute atomic E-state index is 12.5. The fourth-order valence-electron chi connectivity index (χ4n) is 4.33. The van der Waals surface area contributed by atoms with E-state index in [-0.39, 0.29) is 12.1 Å². The SMILES string of the molecule is CCOC(=O)N1CCC(N(c2ccc(CNCc3ccoc3)c3ccccc23)S(=O)O)CC1. The van der Waals surface area contributed by atoms with Crippen LogP contribution in [-0.2, 0) is 29.1 Å². The van der Waals surface area contributed by atoms with Gasteiger partial charge in [0.25, 0.3) is 11.3 Å². The van der Waals surface area contributed by atoms with E-state index < -0.39 is 11.3 Å². The number of anilines is 1. The molecule has 2 aromatic carbocycles. The molecule has 2 heterocycles. The highest BCUT2D eigenvalue weighted by Crippen LogP contribution is 2.34. The van der Waals surface area contributed by atoms with Gasteiger partial charge in [0.1, 0.15) is 0 Å². The van der Waals surface area contributed by atoms with E-state index in [1.807, 2.05) is 42.5 Å². The maximum Gasteiger partial charge on any atom is 0.409 e. The largest absolute Gasteiger partial charge is 0.472 e. The molecule has 1 aromatic heterocycles. The van der Waals surface area contributed by atoms with Crippen molar-refractivity contribution in [2.45, 2.75) is 38.9 Å². The molecule has 1 saturated heterocycles. The van der Waals surface area contributed by atoms with Gasteiger partial charge in [-0.2, -0.15) is 0 Å². The first kappa shape index (κ1) is 23.3. The second-order valence-corrected chi connectivity index (χ2v) is 8.85. The van der Waals surface area contributed by atoms with E-state index in [4.69, 9.17) is 9.15 Å². The van der Waals surface area contributed by atoms with Crippen molar-refractivity contribution in [1.82, 2.24) is 10.2 Å². The van der Waals surface area contributed by atoms with Crippen LogP contribution in [0, 0.1) is 0 Å². The molecule has 1 fully saturated rings. The Balaban J connectivity index is 1.54. The number of rotatable bonds is 8. The Labute approximate surface area is 195 Å². The highest BCUT2D eigenvalue weighted by molar-refractivity contribution is 7.80. The van der Waals surface area contributed by atoms with Crippen molar-refractivity contribution in [3.05, 3.63) is 66.1 Å². The molecule has 4 rings (SSSR count). The van der Waals surface area contributed by atoms with E-state index >= 15 is 0 Å². The van der Waals surface area contributed by atoms with Crippen molar-refractivity contribution >= 4 is 33.8 Å². The topological polar surface area (TPSA) is 95.3 Å². The zero-order valence-electron chi connectivity index (χ0n) is 18.6. The molecule has 9 heteroatoms. The van der Waals surface area contributed by atoms with Crippen LogP contribution in [0.5, 0.6) is 0 Å². The zero-order chi connectivity index (χ0) is 23.2. The molecule has 1 aliphatic heterocycles. The molecule has 1 atom stereocenters. The Hall–Kier alpha value is -2.88. The van der Waals surface area contributed by atoms with Crippen molar-refractivity contribution in [3.63, 3.8) is 0 Å². The van der Waals surface area contributed by atoms with Crippen LogP contribution < -0.4 is 9.62 Å². The van der Waals surface area contributed by atoms with Crippen molar-refractivity contribution in [2.75, 3.05) is 24.0 Å². The molecule has 1 aliphatic rings. The second kappa shape index (κ2) is 10.8. The van der Waals surface area contributed by atoms with Gasteiger partial charge in [-0.15, -0.1) is 0 Å². The molecule has 176 valence electrons. The molecule has 1 amide bonds. The lowest BCUT2D eigenvalue weighted by Gasteiger charge is -2.37. The van der Waals surface area contributed by atoms with Gasteiger partial charge in [0, 0.05) is 43.2 Å². The number of furan rings is 1. The molecule has 3 aromatic rings. The number of hydrogen-bond acceptors (Lipinski definition) is 5. The zero-order valence-corrected chi connectivity index (χ0v) is 19.4. The summed E-state index contributed by atoms with van der Waals surface area (Å²) in [6, 6.07) is 13.6. The summed E-state index contributed by atoms with van der Waals surface area (Å²) in [5.41, 5.74) is 2.91. The Morgan fingerprint density at radius 2 is 1.94 bits per heavy atom. The van der Waals surface area contributed by atoms with Crippen molar-refractivity contribution in [1.29, 1.82) is 0 Å². The van der Waals surface area contributed by atoms with Gasteiger partial charge in [0.05, 0.1) is 24.8 Å². The number of hydrogen-bond donors (Lipinski definition) is 2. The Bertz CT molecular complexity index is 1100. The van der Waals surface area contributed by atoms with E-state index in [2.05, 4.69) is 5.32 Å². The first-order valence-corrected chi connectivity index (χ1v) is 12.2. The lowest BCUT2D eigenvalue weighted by Crippen LogP contribution is -2.47. The van der Waals surface area contributed by atoms with Gasteiger partial charge in [-0.1, -0.05) is 30.3 Å². The van der Waals surface area contributed by atoms with E-state index in [0.717, 1.165) is 27.6 Å². The number of fused-ring (bicyclic) bond motifs is 1. The first-order valence-electron chi connectivity index (χ1n) is 11.1. The fourth-order valence-corrected chi connectivity index (χ4v) is 5.13. The molecular weight excluding hydrogens is 442 g/mol. The van der Waals surface area contributed by atoms with Gasteiger partial charge in [0.2, 0.25) is 0 Å². The molecule has 0 spiro atoms. The van der Waals surface area contributed by atoms with Gasteiger partial charge >= 0.3 is 6.09 Å². The third-order valence-corrected chi connectivity index (χ3v) is 6.78. The number of carbonyl (C=O) groups excluding carboxylic acids is 1. The number of piperidine rings is 1. The first-order chi connectivity index (χ1) is 16.1. The van der Waals surface area contributed by atoms with Crippen molar-refractivity contribution in [3.8, 4) is 0 Å². The average Bonchev–Trinajstić information content (AvgIpc) is 3.34. The molecule has 0 aliphatic carbocycles. The van der Waals surface area contributed by atoms with Crippen LogP contribution in [0.15, 0.2) is 59.4 Å². The van der Waals surface area contributed by atoms with Crippen LogP contribution in [0.2, 0.25) is 0 Å². The van der Waals surface area contributed by atoms with Crippen LogP contribution in [0.1, 0.15) is 30.9 Å². The molecule has 33 heavy (non-hydrogen) atoms. The van der Waals surface area contributed by atoms with E-state index in [1.165, 1.54) is 0 Å². The minimum atomic E-state index is -2.19. The molecule has 1 unspecified atom stereocenters. The number of ether oxygens (including phenoxy) is 1. The molecule has 8 nitrogen and oxygen atoms in total. The van der Waals surface area contributed by atoms with E-state index in [9.17, 15) is 13.6 Å². The summed E-state index contributed by atoms with van der Waals surface area (Å²) in [5.74, 6) is 0. The van der Waals surface area contributed by atoms with Gasteiger partial charge in [-0.05, 0) is 42.8 Å². The summed E-state index contributed by atoms with van der Waals surface area (Å²) in [6.45, 7) is 4.45. The Kier molecular flexibility index (Phi) is 7.64. The number of amides is 1. The highest BCUT2D eigenvalue weighted by atomic mass is 32.2. The van der Waals surface area contributed by atoms with Gasteiger partial charge in [-0.3, -0.25) is 8.86 Å². The lowest BCUT2D eigenvalue weighted by molar-refractivity contribution is 0.0976. The average molecular weight is 472 g/mol. The maximum atomic E-state index is 12.5. The van der Waals surface area contributed by atoms with Gasteiger partial charge in [0.15, 0.2) is 0 Å². The molecule has 0 radical (unpaired) electrons. The Morgan fingerprint density at radius 1 is 1.18 bits per heavy atom. The summed E-state index contributed by atoms with van der Waals surface area (Å²) >= 11 is -2.19. The fraction of sp³-hybridized carbons (Fsp3) is 0.375. The van der Waals surface area contributed by atoms with Crippen molar-refractivity contribution < 1.29 is 22.7 Å². The van der Waals surface area contributed by atoms with Gasteiger partial charge in [-0.25, -0.2) is 9.00 Å². The summed E-state index contributed by atoms with van der Waals surface area (Å²) in [5, 5.41) is 5.39. The quantitative estimate of drug-likeness (QED) is 0.476. The number of carbonyl (C=O) groups is 1. The number of benzene rings is 2. The Morgan fingerprint density at radius 3 is 2.61 bits per heavy atom. The van der Waals surface area contributed by atoms with E-state index in [0.29, 0.717) is 45.6 Å². The minimum absolute atomic E-state index is 0.157. The van der Waals surface area contributed by atoms with Crippen LogP contribution >= 0.6 is 0 Å². The monoisotopic (exact) mass is 471 g/mol. The summed E-state index contributed by atoms with van der Waals surface area (Å²) in [6.07, 6.45) is 4.23. The highest BCUT2D eigenvalue weighted by Gasteiger charge is 2.31. The van der Waals surface area contributed by atoms with Crippen LogP contribution in [0.4, 0.5) is 10.5 Å². The molecule has 0 saturated carbocycles. The van der Waals surface area contributed by atoms with Crippen LogP contribution in [0.25, 0.3) is 10.8 Å². The van der Waals surface area contributed by atoms with Gasteiger partial charge < -0.3 is 19.4 Å². The molecule has 2 N–H and O–H groups in total. The predicted molar refractivity (Wildman–Crippen MR) is 128 cm³/mol. The summed E-state index contributed by atoms with van der Waals surface area (Å²) in [4.78, 5) is 13.7. The third kappa shape index (κ3) is 5.38. The normalized spacial score (nSPS) is 15.5. The number of nitrogens with one attached hydrogen (secondary N) is 1. The minimum Gasteiger partial charge on any atom is -0.472 e. The molecule has 0 bridgehead atoms. The molecular formula is C24H29N3O5S. The smallest absolute Gasteiger partial charge is 0.409 e. The lowest BCUT2D eigenvalue weighted by atomic mass is 10.00.